The van der Waals surface area contributed by atoms with E-state index < -0.39 is 6.04 Å². The van der Waals surface area contributed by atoms with Crippen molar-refractivity contribution in [3.63, 3.8) is 0 Å². The molecule has 1 amide bonds. The molecule has 3 aromatic rings. The lowest BCUT2D eigenvalue weighted by Crippen LogP contribution is -2.27. The number of aromatic nitrogens is 2. The number of benzene rings is 2. The third-order valence-corrected chi connectivity index (χ3v) is 3.56. The van der Waals surface area contributed by atoms with Crippen LogP contribution in [0.3, 0.4) is 0 Å². The van der Waals surface area contributed by atoms with E-state index in [4.69, 9.17) is 11.5 Å². The van der Waals surface area contributed by atoms with Crippen LogP contribution in [0.1, 0.15) is 11.6 Å². The van der Waals surface area contributed by atoms with Gasteiger partial charge in [-0.05, 0) is 23.8 Å². The van der Waals surface area contributed by atoms with Crippen molar-refractivity contribution in [1.29, 1.82) is 0 Å². The molecular weight excluding hydrogens is 302 g/mol. The Morgan fingerprint density at radius 3 is 2.38 bits per heavy atom. The van der Waals surface area contributed by atoms with E-state index in [-0.39, 0.29) is 11.9 Å². The minimum absolute atomic E-state index is 0.221. The number of nitrogens with one attached hydrogen (secondary N) is 1. The molecule has 0 fully saturated rings. The van der Waals surface area contributed by atoms with Crippen molar-refractivity contribution in [2.75, 3.05) is 11.1 Å². The summed E-state index contributed by atoms with van der Waals surface area (Å²) in [5, 5.41) is 2.81. The predicted molar refractivity (Wildman–Crippen MR) is 93.9 cm³/mol. The summed E-state index contributed by atoms with van der Waals surface area (Å²) in [6.07, 6.45) is 1.60. The zero-order chi connectivity index (χ0) is 16.9. The number of carbonyl (C=O) groups excluding carboxylic acids is 1. The lowest BCUT2D eigenvalue weighted by atomic mass is 10.1. The Hall–Kier alpha value is -3.25. The highest BCUT2D eigenvalue weighted by Gasteiger charge is 2.15. The molecule has 0 saturated heterocycles. The molecule has 6 nitrogen and oxygen atoms in total. The van der Waals surface area contributed by atoms with Crippen LogP contribution in [0.2, 0.25) is 0 Å². The molecule has 0 bridgehead atoms. The van der Waals surface area contributed by atoms with Gasteiger partial charge in [0.15, 0.2) is 0 Å². The van der Waals surface area contributed by atoms with E-state index in [1.54, 1.807) is 24.4 Å². The van der Waals surface area contributed by atoms with Crippen LogP contribution in [-0.4, -0.2) is 15.9 Å². The number of amides is 1. The minimum Gasteiger partial charge on any atom is -0.368 e. The molecular formula is C18H17N5O. The van der Waals surface area contributed by atoms with Gasteiger partial charge in [0.2, 0.25) is 11.9 Å². The van der Waals surface area contributed by atoms with Crippen LogP contribution in [0.5, 0.6) is 0 Å². The number of nitrogens with two attached hydrogens (primary N) is 2. The van der Waals surface area contributed by atoms with Crippen molar-refractivity contribution in [3.05, 3.63) is 72.4 Å². The van der Waals surface area contributed by atoms with E-state index >= 15 is 0 Å². The van der Waals surface area contributed by atoms with Crippen molar-refractivity contribution >= 4 is 17.5 Å². The van der Waals surface area contributed by atoms with Crippen LogP contribution in [0.25, 0.3) is 11.3 Å². The fraction of sp³-hybridized carbons (Fsp3) is 0.0556. The van der Waals surface area contributed by atoms with E-state index in [1.165, 1.54) is 0 Å². The zero-order valence-corrected chi connectivity index (χ0v) is 12.9. The summed E-state index contributed by atoms with van der Waals surface area (Å²) in [6.45, 7) is 0. The largest absolute Gasteiger partial charge is 0.368 e. The summed E-state index contributed by atoms with van der Waals surface area (Å²) in [5.41, 5.74) is 14.6. The van der Waals surface area contributed by atoms with Crippen LogP contribution in [-0.2, 0) is 4.79 Å². The average Bonchev–Trinajstić information content (AvgIpc) is 2.62. The van der Waals surface area contributed by atoms with E-state index in [0.717, 1.165) is 16.8 Å². The predicted octanol–water partition coefficient (Wildman–Crippen LogP) is 2.36. The van der Waals surface area contributed by atoms with Gasteiger partial charge < -0.3 is 16.8 Å². The molecule has 2 aromatic carbocycles. The first-order valence-electron chi connectivity index (χ1n) is 7.44. The molecule has 0 spiro atoms. The lowest BCUT2D eigenvalue weighted by molar-refractivity contribution is -0.117. The number of nitrogens with zero attached hydrogens (tertiary/aromatic N) is 2. The van der Waals surface area contributed by atoms with Crippen molar-refractivity contribution in [3.8, 4) is 11.3 Å². The number of rotatable bonds is 4. The van der Waals surface area contributed by atoms with Gasteiger partial charge >= 0.3 is 0 Å². The molecule has 0 aliphatic rings. The SMILES string of the molecule is Nc1nccc(-c2ccc(NC(=O)[C@H](N)c3ccccc3)cc2)n1. The molecule has 1 aromatic heterocycles. The summed E-state index contributed by atoms with van der Waals surface area (Å²) in [7, 11) is 0. The third-order valence-electron chi connectivity index (χ3n) is 3.56. The number of hydrogen-bond acceptors (Lipinski definition) is 5. The molecule has 1 atom stereocenters. The Balaban J connectivity index is 1.71. The molecule has 5 N–H and O–H groups in total. The first kappa shape index (κ1) is 15.6. The van der Waals surface area contributed by atoms with E-state index in [9.17, 15) is 4.79 Å². The monoisotopic (exact) mass is 319 g/mol. The highest BCUT2D eigenvalue weighted by molar-refractivity contribution is 5.95. The number of hydrogen-bond donors (Lipinski definition) is 3. The number of anilines is 2. The average molecular weight is 319 g/mol. The smallest absolute Gasteiger partial charge is 0.245 e. The maximum absolute atomic E-state index is 12.2. The Labute approximate surface area is 139 Å². The summed E-state index contributed by atoms with van der Waals surface area (Å²) >= 11 is 0. The van der Waals surface area contributed by atoms with Gasteiger partial charge in [-0.3, -0.25) is 4.79 Å². The molecule has 0 unspecified atom stereocenters. The second-order valence-electron chi connectivity index (χ2n) is 5.26. The fourth-order valence-electron chi connectivity index (χ4n) is 2.29. The number of carbonyl (C=O) groups is 1. The van der Waals surface area contributed by atoms with Crippen molar-refractivity contribution in [1.82, 2.24) is 9.97 Å². The van der Waals surface area contributed by atoms with Gasteiger partial charge in [0.1, 0.15) is 6.04 Å². The van der Waals surface area contributed by atoms with E-state index in [2.05, 4.69) is 15.3 Å². The number of nitrogen functional groups attached to an aromatic ring is 1. The van der Waals surface area contributed by atoms with Gasteiger partial charge in [-0.2, -0.15) is 0 Å². The molecule has 0 aliphatic heterocycles. The Kier molecular flexibility index (Phi) is 4.49. The standard InChI is InChI=1S/C18H17N5O/c19-16(13-4-2-1-3-5-13)17(24)22-14-8-6-12(7-9-14)15-10-11-21-18(20)23-15/h1-11,16H,19H2,(H,22,24)(H2,20,21,23)/t16-/m1/s1. The molecule has 1 heterocycles. The quantitative estimate of drug-likeness (QED) is 0.684. The van der Waals surface area contributed by atoms with Crippen molar-refractivity contribution < 1.29 is 4.79 Å². The minimum atomic E-state index is -0.715. The first-order chi connectivity index (χ1) is 11.6. The van der Waals surface area contributed by atoms with Crippen molar-refractivity contribution in [2.45, 2.75) is 6.04 Å². The van der Waals surface area contributed by atoms with Crippen LogP contribution in [0.15, 0.2) is 66.9 Å². The molecule has 24 heavy (non-hydrogen) atoms. The van der Waals surface area contributed by atoms with Crippen LogP contribution < -0.4 is 16.8 Å². The first-order valence-corrected chi connectivity index (χ1v) is 7.44. The van der Waals surface area contributed by atoms with Crippen LogP contribution in [0.4, 0.5) is 11.6 Å². The van der Waals surface area contributed by atoms with Gasteiger partial charge in [0, 0.05) is 17.4 Å². The fourth-order valence-corrected chi connectivity index (χ4v) is 2.29. The Morgan fingerprint density at radius 2 is 1.71 bits per heavy atom. The van der Waals surface area contributed by atoms with Crippen LogP contribution >= 0.6 is 0 Å². The highest BCUT2D eigenvalue weighted by atomic mass is 16.2. The highest BCUT2D eigenvalue weighted by Crippen LogP contribution is 2.20. The molecule has 3 rings (SSSR count). The van der Waals surface area contributed by atoms with Gasteiger partial charge in [-0.25, -0.2) is 9.97 Å². The molecule has 0 radical (unpaired) electrons. The zero-order valence-electron chi connectivity index (χ0n) is 12.9. The van der Waals surface area contributed by atoms with E-state index in [0.29, 0.717) is 5.69 Å². The Bertz CT molecular complexity index is 834. The maximum atomic E-state index is 12.2. The normalized spacial score (nSPS) is 11.7. The summed E-state index contributed by atoms with van der Waals surface area (Å²) in [5.74, 6) is -0.0426. The molecule has 6 heteroatoms. The van der Waals surface area contributed by atoms with Gasteiger partial charge in [0.05, 0.1) is 5.69 Å². The van der Waals surface area contributed by atoms with Crippen LogP contribution in [0, 0.1) is 0 Å². The second-order valence-corrected chi connectivity index (χ2v) is 5.26. The van der Waals surface area contributed by atoms with Crippen molar-refractivity contribution in [2.24, 2.45) is 5.73 Å². The molecule has 0 aliphatic carbocycles. The topological polar surface area (TPSA) is 107 Å². The molecule has 0 saturated carbocycles. The maximum Gasteiger partial charge on any atom is 0.245 e. The lowest BCUT2D eigenvalue weighted by Gasteiger charge is -2.13. The van der Waals surface area contributed by atoms with E-state index in [1.807, 2.05) is 42.5 Å². The second kappa shape index (κ2) is 6.89. The van der Waals surface area contributed by atoms with Gasteiger partial charge in [-0.1, -0.05) is 42.5 Å². The van der Waals surface area contributed by atoms with Gasteiger partial charge in [-0.15, -0.1) is 0 Å². The third kappa shape index (κ3) is 3.56. The molecule has 120 valence electrons. The summed E-state index contributed by atoms with van der Waals surface area (Å²) < 4.78 is 0. The summed E-state index contributed by atoms with van der Waals surface area (Å²) in [4.78, 5) is 20.3. The summed E-state index contributed by atoms with van der Waals surface area (Å²) in [6, 6.07) is 17.6. The Morgan fingerprint density at radius 1 is 1.00 bits per heavy atom. The van der Waals surface area contributed by atoms with Gasteiger partial charge in [0.25, 0.3) is 0 Å².